The molecule has 3 aromatic heterocycles. The SMILES string of the molecule is c1ccc(-c2nc(-c3ccc(-n4c5ccccc5c5ccccc54)cc3)nc3ccc(-c4ccc5c6ccccc6n(-c6ccccc6)c5c4)cc23)cc1. The number of rotatable bonds is 5. The Balaban J connectivity index is 1.04. The Hall–Kier alpha value is -7.30. The fraction of sp³-hybridized carbons (Fsp3) is 0. The molecule has 0 aliphatic rings. The lowest BCUT2D eigenvalue weighted by atomic mass is 9.99. The van der Waals surface area contributed by atoms with E-state index in [0.717, 1.165) is 50.2 Å². The average molecular weight is 689 g/mol. The normalized spacial score (nSPS) is 11.7. The summed E-state index contributed by atoms with van der Waals surface area (Å²) in [5, 5.41) is 6.01. The molecule has 0 saturated heterocycles. The van der Waals surface area contributed by atoms with Crippen molar-refractivity contribution < 1.29 is 0 Å². The van der Waals surface area contributed by atoms with Gasteiger partial charge in [-0.1, -0.05) is 121 Å². The summed E-state index contributed by atoms with van der Waals surface area (Å²) < 4.78 is 4.70. The molecule has 0 atom stereocenters. The average Bonchev–Trinajstić information content (AvgIpc) is 3.76. The highest BCUT2D eigenvalue weighted by atomic mass is 15.0. The van der Waals surface area contributed by atoms with E-state index in [1.54, 1.807) is 0 Å². The first-order chi connectivity index (χ1) is 26.8. The van der Waals surface area contributed by atoms with Gasteiger partial charge in [-0.15, -0.1) is 0 Å². The van der Waals surface area contributed by atoms with E-state index >= 15 is 0 Å². The summed E-state index contributed by atoms with van der Waals surface area (Å²) in [6, 6.07) is 69.0. The summed E-state index contributed by atoms with van der Waals surface area (Å²) in [7, 11) is 0. The molecule has 252 valence electrons. The quantitative estimate of drug-likeness (QED) is 0.180. The zero-order valence-electron chi connectivity index (χ0n) is 29.3. The Labute approximate surface area is 311 Å². The molecule has 0 saturated carbocycles. The number of hydrogen-bond donors (Lipinski definition) is 0. The van der Waals surface area contributed by atoms with Crippen LogP contribution in [0.5, 0.6) is 0 Å². The minimum Gasteiger partial charge on any atom is -0.309 e. The molecule has 11 aromatic rings. The number of fused-ring (bicyclic) bond motifs is 7. The second kappa shape index (κ2) is 12.1. The van der Waals surface area contributed by atoms with Crippen molar-refractivity contribution in [3.63, 3.8) is 0 Å². The van der Waals surface area contributed by atoms with Crippen LogP contribution in [0, 0.1) is 0 Å². The van der Waals surface area contributed by atoms with E-state index in [2.05, 4.69) is 197 Å². The topological polar surface area (TPSA) is 35.6 Å². The van der Waals surface area contributed by atoms with Crippen LogP contribution in [0.2, 0.25) is 0 Å². The van der Waals surface area contributed by atoms with Crippen LogP contribution in [0.4, 0.5) is 0 Å². The molecular formula is C50H32N4. The Morgan fingerprint density at radius 1 is 0.296 bits per heavy atom. The summed E-state index contributed by atoms with van der Waals surface area (Å²) in [6.07, 6.45) is 0. The Morgan fingerprint density at radius 2 is 0.778 bits per heavy atom. The highest BCUT2D eigenvalue weighted by Gasteiger charge is 2.17. The van der Waals surface area contributed by atoms with Crippen molar-refractivity contribution in [1.82, 2.24) is 19.1 Å². The maximum Gasteiger partial charge on any atom is 0.160 e. The zero-order chi connectivity index (χ0) is 35.6. The van der Waals surface area contributed by atoms with Gasteiger partial charge in [0.15, 0.2) is 5.82 Å². The van der Waals surface area contributed by atoms with Gasteiger partial charge in [-0.05, 0) is 83.9 Å². The van der Waals surface area contributed by atoms with Gasteiger partial charge >= 0.3 is 0 Å². The van der Waals surface area contributed by atoms with Crippen LogP contribution in [0.15, 0.2) is 194 Å². The molecular weight excluding hydrogens is 657 g/mol. The number of para-hydroxylation sites is 4. The maximum absolute atomic E-state index is 5.28. The highest BCUT2D eigenvalue weighted by Crippen LogP contribution is 2.38. The lowest BCUT2D eigenvalue weighted by Crippen LogP contribution is -1.97. The summed E-state index contributed by atoms with van der Waals surface area (Å²) in [5.74, 6) is 0.705. The van der Waals surface area contributed by atoms with E-state index < -0.39 is 0 Å². The van der Waals surface area contributed by atoms with E-state index in [9.17, 15) is 0 Å². The highest BCUT2D eigenvalue weighted by molar-refractivity contribution is 6.11. The molecule has 0 amide bonds. The third-order valence-corrected chi connectivity index (χ3v) is 10.7. The molecule has 3 heterocycles. The van der Waals surface area contributed by atoms with Gasteiger partial charge in [0.25, 0.3) is 0 Å². The van der Waals surface area contributed by atoms with Crippen LogP contribution in [-0.4, -0.2) is 19.1 Å². The number of nitrogens with zero attached hydrogens (tertiary/aromatic N) is 4. The van der Waals surface area contributed by atoms with E-state index in [0.29, 0.717) is 5.82 Å². The molecule has 54 heavy (non-hydrogen) atoms. The molecule has 4 heteroatoms. The van der Waals surface area contributed by atoms with Gasteiger partial charge in [0.1, 0.15) is 0 Å². The van der Waals surface area contributed by atoms with Crippen molar-refractivity contribution in [3.05, 3.63) is 194 Å². The van der Waals surface area contributed by atoms with Crippen molar-refractivity contribution in [2.75, 3.05) is 0 Å². The van der Waals surface area contributed by atoms with Crippen LogP contribution in [0.3, 0.4) is 0 Å². The third kappa shape index (κ3) is 4.78. The maximum atomic E-state index is 5.28. The van der Waals surface area contributed by atoms with Gasteiger partial charge in [-0.2, -0.15) is 0 Å². The smallest absolute Gasteiger partial charge is 0.160 e. The molecule has 0 radical (unpaired) electrons. The van der Waals surface area contributed by atoms with Crippen LogP contribution < -0.4 is 0 Å². The molecule has 0 fully saturated rings. The first-order valence-electron chi connectivity index (χ1n) is 18.3. The second-order valence-electron chi connectivity index (χ2n) is 13.8. The standard InChI is InChI=1S/C50H32N4/c1-3-13-33(14-4-1)49-43-31-35(36-25-29-42-41-19-9-12-22-47(41)54(48(42)32-36)37-15-5-2-6-16-37)26-30-44(43)51-50(52-49)34-23-27-38(28-24-34)53-45-20-10-7-17-39(45)40-18-8-11-21-46(40)53/h1-32H. The summed E-state index contributed by atoms with van der Waals surface area (Å²) in [6.45, 7) is 0. The van der Waals surface area contributed by atoms with Crippen molar-refractivity contribution in [2.45, 2.75) is 0 Å². The zero-order valence-corrected chi connectivity index (χ0v) is 29.3. The van der Waals surface area contributed by atoms with Crippen molar-refractivity contribution in [2.24, 2.45) is 0 Å². The summed E-state index contributed by atoms with van der Waals surface area (Å²) in [4.78, 5) is 10.4. The fourth-order valence-electron chi connectivity index (χ4n) is 8.22. The second-order valence-corrected chi connectivity index (χ2v) is 13.8. The van der Waals surface area contributed by atoms with E-state index in [-0.39, 0.29) is 0 Å². The largest absolute Gasteiger partial charge is 0.309 e. The van der Waals surface area contributed by atoms with Gasteiger partial charge in [0.2, 0.25) is 0 Å². The lowest BCUT2D eigenvalue weighted by Gasteiger charge is -2.13. The minimum atomic E-state index is 0.705. The fourth-order valence-corrected chi connectivity index (χ4v) is 8.22. The summed E-state index contributed by atoms with van der Waals surface area (Å²) in [5.41, 5.74) is 13.1. The van der Waals surface area contributed by atoms with Crippen LogP contribution in [0.25, 0.3) is 99.7 Å². The van der Waals surface area contributed by atoms with Gasteiger partial charge in [-0.25, -0.2) is 9.97 Å². The molecule has 8 aromatic carbocycles. The predicted octanol–water partition coefficient (Wildman–Crippen LogP) is 12.8. The van der Waals surface area contributed by atoms with Crippen LogP contribution >= 0.6 is 0 Å². The predicted molar refractivity (Wildman–Crippen MR) is 225 cm³/mol. The van der Waals surface area contributed by atoms with Crippen molar-refractivity contribution in [3.8, 4) is 45.1 Å². The minimum absolute atomic E-state index is 0.705. The van der Waals surface area contributed by atoms with E-state index in [1.165, 1.54) is 43.6 Å². The first kappa shape index (κ1) is 30.3. The molecule has 0 unspecified atom stereocenters. The van der Waals surface area contributed by atoms with Crippen LogP contribution in [0.1, 0.15) is 0 Å². The Bertz CT molecular complexity index is 3140. The Morgan fingerprint density at radius 3 is 1.43 bits per heavy atom. The third-order valence-electron chi connectivity index (χ3n) is 10.7. The molecule has 0 aliphatic carbocycles. The van der Waals surface area contributed by atoms with Gasteiger partial charge in [0, 0.05) is 49.4 Å². The first-order valence-corrected chi connectivity index (χ1v) is 18.3. The molecule has 0 N–H and O–H groups in total. The Kier molecular flexibility index (Phi) is 6.82. The van der Waals surface area contributed by atoms with Gasteiger partial charge in [-0.3, -0.25) is 0 Å². The van der Waals surface area contributed by atoms with Crippen molar-refractivity contribution >= 4 is 54.5 Å². The van der Waals surface area contributed by atoms with Gasteiger partial charge in [0.05, 0.1) is 33.3 Å². The van der Waals surface area contributed by atoms with E-state index in [4.69, 9.17) is 9.97 Å². The number of hydrogen-bond acceptors (Lipinski definition) is 2. The van der Waals surface area contributed by atoms with E-state index in [1.807, 2.05) is 6.07 Å². The molecule has 0 spiro atoms. The van der Waals surface area contributed by atoms with Crippen LogP contribution in [-0.2, 0) is 0 Å². The molecule has 4 nitrogen and oxygen atoms in total. The number of aromatic nitrogens is 4. The molecule has 0 aliphatic heterocycles. The monoisotopic (exact) mass is 688 g/mol. The lowest BCUT2D eigenvalue weighted by molar-refractivity contribution is 1.17. The van der Waals surface area contributed by atoms with Crippen molar-refractivity contribution in [1.29, 1.82) is 0 Å². The summed E-state index contributed by atoms with van der Waals surface area (Å²) >= 11 is 0. The molecule has 0 bridgehead atoms. The van der Waals surface area contributed by atoms with Gasteiger partial charge < -0.3 is 9.13 Å². The number of benzene rings is 8. The molecule has 11 rings (SSSR count).